The maximum Gasteiger partial charge on any atom is 0.0724 e. The lowest BCUT2D eigenvalue weighted by Crippen LogP contribution is -1.95. The molecule has 0 aliphatic heterocycles. The van der Waals surface area contributed by atoms with Crippen LogP contribution in [0.3, 0.4) is 0 Å². The van der Waals surface area contributed by atoms with Crippen molar-refractivity contribution in [3.8, 4) is 33.8 Å². The third kappa shape index (κ3) is 3.80. The first-order chi connectivity index (χ1) is 21.8. The van der Waals surface area contributed by atoms with Crippen LogP contribution in [0, 0.1) is 0 Å². The smallest absolute Gasteiger partial charge is 0.0724 e. The zero-order valence-electron chi connectivity index (χ0n) is 23.9. The lowest BCUT2D eigenvalue weighted by atomic mass is 10.1. The highest BCUT2D eigenvalue weighted by Gasteiger charge is 2.16. The number of hydrogen-bond donors (Lipinski definition) is 0. The summed E-state index contributed by atoms with van der Waals surface area (Å²) in [6.45, 7) is 0. The van der Waals surface area contributed by atoms with Crippen LogP contribution < -0.4 is 0 Å². The molecule has 3 aromatic heterocycles. The summed E-state index contributed by atoms with van der Waals surface area (Å²) < 4.78 is 4.72. The highest BCUT2D eigenvalue weighted by molar-refractivity contribution is 6.11. The van der Waals surface area contributed by atoms with E-state index in [0.717, 1.165) is 33.5 Å². The topological polar surface area (TPSA) is 22.8 Å². The summed E-state index contributed by atoms with van der Waals surface area (Å²) in [6, 6.07) is 56.3. The summed E-state index contributed by atoms with van der Waals surface area (Å²) in [4.78, 5) is 5.02. The average Bonchev–Trinajstić information content (AvgIpc) is 3.61. The van der Waals surface area contributed by atoms with Crippen LogP contribution in [-0.2, 0) is 0 Å². The molecule has 0 radical (unpaired) electrons. The Morgan fingerprint density at radius 1 is 0.341 bits per heavy atom. The predicted molar refractivity (Wildman–Crippen MR) is 184 cm³/mol. The molecule has 0 unspecified atom stereocenters. The summed E-state index contributed by atoms with van der Waals surface area (Å²) in [5, 5.41) is 4.84. The van der Waals surface area contributed by atoms with Gasteiger partial charge >= 0.3 is 0 Å². The number of para-hydroxylation sites is 3. The highest BCUT2D eigenvalue weighted by atomic mass is 15.0. The van der Waals surface area contributed by atoms with Gasteiger partial charge in [-0.15, -0.1) is 0 Å². The molecule has 3 heteroatoms. The molecule has 0 aliphatic rings. The van der Waals surface area contributed by atoms with E-state index in [4.69, 9.17) is 4.98 Å². The van der Waals surface area contributed by atoms with Crippen LogP contribution in [0.15, 0.2) is 164 Å². The lowest BCUT2D eigenvalue weighted by molar-refractivity contribution is 1.17. The SMILES string of the molecule is c1ccc(-c2ccc(-n3c4ccccc4c4ccc(-c5cc6c(cn5)c5ccccc5n6-c5ccccc5)cc43)cc2)cc1. The molecule has 0 fully saturated rings. The van der Waals surface area contributed by atoms with Crippen LogP contribution in [0.2, 0.25) is 0 Å². The quantitative estimate of drug-likeness (QED) is 0.210. The van der Waals surface area contributed by atoms with Crippen molar-refractivity contribution in [2.24, 2.45) is 0 Å². The van der Waals surface area contributed by atoms with Crippen LogP contribution in [0.4, 0.5) is 0 Å². The van der Waals surface area contributed by atoms with Crippen molar-refractivity contribution >= 4 is 43.6 Å². The Morgan fingerprint density at radius 3 is 1.55 bits per heavy atom. The van der Waals surface area contributed by atoms with Crippen LogP contribution >= 0.6 is 0 Å². The molecule has 9 rings (SSSR count). The second-order valence-electron chi connectivity index (χ2n) is 11.3. The molecule has 0 saturated carbocycles. The molecule has 0 aliphatic carbocycles. The van der Waals surface area contributed by atoms with E-state index in [1.54, 1.807) is 0 Å². The molecule has 0 bridgehead atoms. The molecular formula is C41H27N3. The van der Waals surface area contributed by atoms with Gasteiger partial charge in [-0.1, -0.05) is 109 Å². The number of rotatable bonds is 4. The standard InChI is InChI=1S/C41H27N3/c1-3-11-28(12-4-1)29-19-22-32(23-20-29)44-38-17-9-7-15-33(38)35-24-21-30(25-40(35)44)37-26-41-36(27-42-37)34-16-8-10-18-39(34)43(41)31-13-5-2-6-14-31/h1-27H. The molecule has 0 atom stereocenters. The normalized spacial score (nSPS) is 11.6. The van der Waals surface area contributed by atoms with Gasteiger partial charge in [-0.2, -0.15) is 0 Å². The molecule has 0 N–H and O–H groups in total. The zero-order chi connectivity index (χ0) is 29.0. The molecule has 6 aromatic carbocycles. The number of fused-ring (bicyclic) bond motifs is 6. The van der Waals surface area contributed by atoms with Crippen molar-refractivity contribution in [3.63, 3.8) is 0 Å². The minimum Gasteiger partial charge on any atom is -0.309 e. The van der Waals surface area contributed by atoms with Crippen molar-refractivity contribution < 1.29 is 0 Å². The van der Waals surface area contributed by atoms with Crippen molar-refractivity contribution in [2.45, 2.75) is 0 Å². The number of benzene rings is 6. The first-order valence-corrected chi connectivity index (χ1v) is 15.0. The fraction of sp³-hybridized carbons (Fsp3) is 0. The van der Waals surface area contributed by atoms with Gasteiger partial charge in [0.25, 0.3) is 0 Å². The molecule has 0 spiro atoms. The molecule has 206 valence electrons. The summed E-state index contributed by atoms with van der Waals surface area (Å²) in [5.41, 5.74) is 11.5. The van der Waals surface area contributed by atoms with E-state index in [1.165, 1.54) is 43.8 Å². The number of nitrogens with zero attached hydrogens (tertiary/aromatic N) is 3. The molecule has 0 amide bonds. The van der Waals surface area contributed by atoms with Gasteiger partial charge in [0.15, 0.2) is 0 Å². The van der Waals surface area contributed by atoms with Crippen LogP contribution in [0.5, 0.6) is 0 Å². The molecule has 0 saturated heterocycles. The minimum atomic E-state index is 0.954. The fourth-order valence-electron chi connectivity index (χ4n) is 6.72. The van der Waals surface area contributed by atoms with E-state index in [1.807, 2.05) is 6.20 Å². The van der Waals surface area contributed by atoms with Crippen molar-refractivity contribution in [2.75, 3.05) is 0 Å². The Morgan fingerprint density at radius 2 is 0.841 bits per heavy atom. The Bertz CT molecular complexity index is 2470. The molecular weight excluding hydrogens is 534 g/mol. The van der Waals surface area contributed by atoms with Crippen molar-refractivity contribution in [3.05, 3.63) is 164 Å². The van der Waals surface area contributed by atoms with E-state index < -0.39 is 0 Å². The monoisotopic (exact) mass is 561 g/mol. The largest absolute Gasteiger partial charge is 0.309 e. The van der Waals surface area contributed by atoms with Gasteiger partial charge < -0.3 is 9.13 Å². The maximum absolute atomic E-state index is 5.02. The van der Waals surface area contributed by atoms with Crippen LogP contribution in [0.1, 0.15) is 0 Å². The second kappa shape index (κ2) is 9.82. The summed E-state index contributed by atoms with van der Waals surface area (Å²) >= 11 is 0. The van der Waals surface area contributed by atoms with E-state index in [0.29, 0.717) is 0 Å². The van der Waals surface area contributed by atoms with Gasteiger partial charge in [-0.25, -0.2) is 0 Å². The van der Waals surface area contributed by atoms with E-state index in [9.17, 15) is 0 Å². The van der Waals surface area contributed by atoms with E-state index in [2.05, 4.69) is 167 Å². The second-order valence-corrected chi connectivity index (χ2v) is 11.3. The van der Waals surface area contributed by atoms with Gasteiger partial charge in [-0.05, 0) is 59.7 Å². The summed E-state index contributed by atoms with van der Waals surface area (Å²) in [6.07, 6.45) is 2.04. The van der Waals surface area contributed by atoms with Gasteiger partial charge in [0.1, 0.15) is 0 Å². The molecule has 3 nitrogen and oxygen atoms in total. The minimum absolute atomic E-state index is 0.954. The van der Waals surface area contributed by atoms with E-state index in [-0.39, 0.29) is 0 Å². The Labute approximate surface area is 254 Å². The van der Waals surface area contributed by atoms with Gasteiger partial charge in [0, 0.05) is 44.7 Å². The average molecular weight is 562 g/mol. The van der Waals surface area contributed by atoms with Crippen LogP contribution in [-0.4, -0.2) is 14.1 Å². The molecule has 44 heavy (non-hydrogen) atoms. The maximum atomic E-state index is 5.02. The highest BCUT2D eigenvalue weighted by Crippen LogP contribution is 2.37. The van der Waals surface area contributed by atoms with E-state index >= 15 is 0 Å². The van der Waals surface area contributed by atoms with Gasteiger partial charge in [-0.3, -0.25) is 4.98 Å². The Balaban J connectivity index is 1.24. The Hall–Kier alpha value is -5.93. The summed E-state index contributed by atoms with van der Waals surface area (Å²) in [7, 11) is 0. The van der Waals surface area contributed by atoms with Crippen molar-refractivity contribution in [1.29, 1.82) is 0 Å². The third-order valence-corrected chi connectivity index (χ3v) is 8.77. The predicted octanol–water partition coefficient (Wildman–Crippen LogP) is 10.6. The van der Waals surface area contributed by atoms with Crippen LogP contribution in [0.25, 0.3) is 77.4 Å². The number of pyridine rings is 1. The first kappa shape index (κ1) is 24.6. The van der Waals surface area contributed by atoms with Crippen molar-refractivity contribution in [1.82, 2.24) is 14.1 Å². The third-order valence-electron chi connectivity index (χ3n) is 8.77. The first-order valence-electron chi connectivity index (χ1n) is 15.0. The lowest BCUT2D eigenvalue weighted by Gasteiger charge is -2.11. The number of hydrogen-bond acceptors (Lipinski definition) is 1. The summed E-state index contributed by atoms with van der Waals surface area (Å²) in [5.74, 6) is 0. The Kier molecular flexibility index (Phi) is 5.50. The molecule has 9 aromatic rings. The zero-order valence-corrected chi connectivity index (χ0v) is 23.9. The fourth-order valence-corrected chi connectivity index (χ4v) is 6.72. The van der Waals surface area contributed by atoms with Gasteiger partial charge in [0.05, 0.1) is 27.8 Å². The molecule has 3 heterocycles. The number of aromatic nitrogens is 3. The van der Waals surface area contributed by atoms with Gasteiger partial charge in [0.2, 0.25) is 0 Å².